The average Bonchev–Trinajstić information content (AvgIpc) is 3.02. The standard InChI is InChI=1S/C22H18N2O3/c25-20-14-24(18-10-12-23-13-11-18)22(26)21(20)17-6-8-19(9-7-17)27-15-16-4-2-1-3-5-16/h1-13,21H,14-15H2. The fourth-order valence-corrected chi connectivity index (χ4v) is 3.19. The summed E-state index contributed by atoms with van der Waals surface area (Å²) >= 11 is 0. The molecule has 2 heterocycles. The number of anilines is 1. The van der Waals surface area contributed by atoms with Crippen molar-refractivity contribution in [3.8, 4) is 5.75 Å². The fraction of sp³-hybridized carbons (Fsp3) is 0.136. The van der Waals surface area contributed by atoms with Gasteiger partial charge in [-0.15, -0.1) is 0 Å². The largest absolute Gasteiger partial charge is 0.489 e. The number of ether oxygens (including phenoxy) is 1. The molecule has 5 heteroatoms. The van der Waals surface area contributed by atoms with Gasteiger partial charge in [0, 0.05) is 18.1 Å². The second kappa shape index (κ2) is 7.41. The van der Waals surface area contributed by atoms with Crippen molar-refractivity contribution in [1.82, 2.24) is 4.98 Å². The smallest absolute Gasteiger partial charge is 0.242 e. The predicted octanol–water partition coefficient (Wildman–Crippen LogP) is 3.36. The van der Waals surface area contributed by atoms with E-state index in [1.165, 1.54) is 4.90 Å². The third kappa shape index (κ3) is 3.58. The first-order chi connectivity index (χ1) is 13.2. The molecular formula is C22H18N2O3. The molecule has 1 fully saturated rings. The Morgan fingerprint density at radius 2 is 1.63 bits per heavy atom. The SMILES string of the molecule is O=C1CN(c2ccncc2)C(=O)C1c1ccc(OCc2ccccc2)cc1. The van der Waals surface area contributed by atoms with Crippen molar-refractivity contribution in [3.05, 3.63) is 90.3 Å². The van der Waals surface area contributed by atoms with Crippen LogP contribution >= 0.6 is 0 Å². The fourth-order valence-electron chi connectivity index (χ4n) is 3.19. The van der Waals surface area contributed by atoms with Crippen molar-refractivity contribution in [1.29, 1.82) is 0 Å². The second-order valence-electron chi connectivity index (χ2n) is 6.37. The van der Waals surface area contributed by atoms with E-state index in [2.05, 4.69) is 4.98 Å². The van der Waals surface area contributed by atoms with Gasteiger partial charge in [-0.25, -0.2) is 0 Å². The molecule has 27 heavy (non-hydrogen) atoms. The van der Waals surface area contributed by atoms with Gasteiger partial charge < -0.3 is 9.64 Å². The zero-order valence-electron chi connectivity index (χ0n) is 14.6. The summed E-state index contributed by atoms with van der Waals surface area (Å²) in [6.07, 6.45) is 3.22. The Labute approximate surface area is 157 Å². The highest BCUT2D eigenvalue weighted by atomic mass is 16.5. The first-order valence-electron chi connectivity index (χ1n) is 8.73. The maximum atomic E-state index is 12.8. The minimum Gasteiger partial charge on any atom is -0.489 e. The molecule has 1 amide bonds. The predicted molar refractivity (Wildman–Crippen MR) is 102 cm³/mol. The number of carbonyl (C=O) groups excluding carboxylic acids is 2. The van der Waals surface area contributed by atoms with Crippen LogP contribution in [0.25, 0.3) is 0 Å². The molecule has 4 rings (SSSR count). The molecule has 0 spiro atoms. The van der Waals surface area contributed by atoms with Gasteiger partial charge in [-0.3, -0.25) is 14.6 Å². The van der Waals surface area contributed by atoms with E-state index in [4.69, 9.17) is 4.74 Å². The molecule has 1 aliphatic heterocycles. The van der Waals surface area contributed by atoms with Crippen LogP contribution in [0.3, 0.4) is 0 Å². The summed E-state index contributed by atoms with van der Waals surface area (Å²) < 4.78 is 5.77. The van der Waals surface area contributed by atoms with Crippen molar-refractivity contribution in [2.24, 2.45) is 0 Å². The van der Waals surface area contributed by atoms with Gasteiger partial charge in [0.25, 0.3) is 0 Å². The van der Waals surface area contributed by atoms with Crippen molar-refractivity contribution in [2.45, 2.75) is 12.5 Å². The Kier molecular flexibility index (Phi) is 4.66. The van der Waals surface area contributed by atoms with Gasteiger partial charge in [-0.05, 0) is 35.4 Å². The summed E-state index contributed by atoms with van der Waals surface area (Å²) in [5.41, 5.74) is 2.46. The van der Waals surface area contributed by atoms with E-state index in [9.17, 15) is 9.59 Å². The number of nitrogens with zero attached hydrogens (tertiary/aromatic N) is 2. The molecule has 0 radical (unpaired) electrons. The van der Waals surface area contributed by atoms with Crippen molar-refractivity contribution < 1.29 is 14.3 Å². The van der Waals surface area contributed by atoms with Gasteiger partial charge in [-0.1, -0.05) is 42.5 Å². The van der Waals surface area contributed by atoms with Crippen molar-refractivity contribution in [3.63, 3.8) is 0 Å². The number of aromatic nitrogens is 1. The quantitative estimate of drug-likeness (QED) is 0.656. The Balaban J connectivity index is 1.47. The maximum absolute atomic E-state index is 12.8. The van der Waals surface area contributed by atoms with Crippen molar-refractivity contribution in [2.75, 3.05) is 11.4 Å². The van der Waals surface area contributed by atoms with E-state index in [-0.39, 0.29) is 18.2 Å². The van der Waals surface area contributed by atoms with E-state index in [0.29, 0.717) is 23.6 Å². The minimum absolute atomic E-state index is 0.0831. The molecule has 0 bridgehead atoms. The molecule has 0 N–H and O–H groups in total. The number of pyridine rings is 1. The van der Waals surface area contributed by atoms with Crippen LogP contribution in [0.4, 0.5) is 5.69 Å². The van der Waals surface area contributed by atoms with E-state index in [1.54, 1.807) is 48.8 Å². The third-order valence-electron chi connectivity index (χ3n) is 4.59. The first kappa shape index (κ1) is 17.0. The Bertz CT molecular complexity index is 940. The molecule has 1 unspecified atom stereocenters. The molecule has 0 saturated carbocycles. The average molecular weight is 358 g/mol. The molecule has 2 aromatic carbocycles. The molecule has 134 valence electrons. The lowest BCUT2D eigenvalue weighted by Gasteiger charge is -2.15. The van der Waals surface area contributed by atoms with Crippen LogP contribution in [0.5, 0.6) is 5.75 Å². The zero-order valence-corrected chi connectivity index (χ0v) is 14.6. The molecule has 0 aliphatic carbocycles. The van der Waals surface area contributed by atoms with Gasteiger partial charge in [0.05, 0.1) is 6.54 Å². The highest BCUT2D eigenvalue weighted by molar-refractivity contribution is 6.21. The number of hydrogen-bond donors (Lipinski definition) is 0. The minimum atomic E-state index is -0.763. The Hall–Kier alpha value is -3.47. The zero-order chi connectivity index (χ0) is 18.6. The number of hydrogen-bond acceptors (Lipinski definition) is 4. The number of Topliss-reactive ketones (excluding diaryl/α,β-unsaturated/α-hetero) is 1. The summed E-state index contributed by atoms with van der Waals surface area (Å²) in [5, 5.41) is 0. The Morgan fingerprint density at radius 3 is 2.33 bits per heavy atom. The highest BCUT2D eigenvalue weighted by Gasteiger charge is 2.40. The maximum Gasteiger partial charge on any atom is 0.242 e. The molecule has 1 aromatic heterocycles. The highest BCUT2D eigenvalue weighted by Crippen LogP contribution is 2.30. The lowest BCUT2D eigenvalue weighted by atomic mass is 9.97. The lowest BCUT2D eigenvalue weighted by molar-refractivity contribution is -0.123. The van der Waals surface area contributed by atoms with Crippen LogP contribution < -0.4 is 9.64 Å². The summed E-state index contributed by atoms with van der Waals surface area (Å²) in [4.78, 5) is 30.7. The molecule has 1 atom stereocenters. The van der Waals surface area contributed by atoms with Crippen LogP contribution in [-0.4, -0.2) is 23.2 Å². The topological polar surface area (TPSA) is 59.5 Å². The molecule has 1 aliphatic rings. The second-order valence-corrected chi connectivity index (χ2v) is 6.37. The molecule has 5 nitrogen and oxygen atoms in total. The summed E-state index contributed by atoms with van der Waals surface area (Å²) in [6, 6.07) is 20.5. The number of benzene rings is 2. The van der Waals surface area contributed by atoms with Gasteiger partial charge in [0.15, 0.2) is 5.78 Å². The van der Waals surface area contributed by atoms with E-state index >= 15 is 0 Å². The number of amides is 1. The lowest BCUT2D eigenvalue weighted by Crippen LogP contribution is -2.26. The van der Waals surface area contributed by atoms with Crippen molar-refractivity contribution >= 4 is 17.4 Å². The van der Waals surface area contributed by atoms with E-state index in [0.717, 1.165) is 5.56 Å². The number of carbonyl (C=O) groups is 2. The Morgan fingerprint density at radius 1 is 0.926 bits per heavy atom. The van der Waals surface area contributed by atoms with Crippen LogP contribution in [0.2, 0.25) is 0 Å². The molecular weight excluding hydrogens is 340 g/mol. The van der Waals surface area contributed by atoms with Crippen LogP contribution in [-0.2, 0) is 16.2 Å². The van der Waals surface area contributed by atoms with Gasteiger partial charge in [-0.2, -0.15) is 0 Å². The number of ketones is 1. The molecule has 1 saturated heterocycles. The summed E-state index contributed by atoms with van der Waals surface area (Å²) in [5.74, 6) is -0.369. The van der Waals surface area contributed by atoms with Crippen LogP contribution in [0.15, 0.2) is 79.1 Å². The molecule has 3 aromatic rings. The number of rotatable bonds is 5. The summed E-state index contributed by atoms with van der Waals surface area (Å²) in [6.45, 7) is 0.553. The van der Waals surface area contributed by atoms with E-state index < -0.39 is 5.92 Å². The first-order valence-corrected chi connectivity index (χ1v) is 8.73. The van der Waals surface area contributed by atoms with E-state index in [1.807, 2.05) is 30.3 Å². The van der Waals surface area contributed by atoms with Gasteiger partial charge >= 0.3 is 0 Å². The van der Waals surface area contributed by atoms with Crippen LogP contribution in [0, 0.1) is 0 Å². The van der Waals surface area contributed by atoms with Gasteiger partial charge in [0.1, 0.15) is 18.3 Å². The third-order valence-corrected chi connectivity index (χ3v) is 4.59. The summed E-state index contributed by atoms with van der Waals surface area (Å²) in [7, 11) is 0. The monoisotopic (exact) mass is 358 g/mol. The van der Waals surface area contributed by atoms with Gasteiger partial charge in [0.2, 0.25) is 5.91 Å². The normalized spacial score (nSPS) is 16.6. The van der Waals surface area contributed by atoms with Crippen LogP contribution in [0.1, 0.15) is 17.0 Å².